The zero-order valence-corrected chi connectivity index (χ0v) is 12.3. The largest absolute Gasteiger partial charge is 0.493 e. The van der Waals surface area contributed by atoms with Crippen LogP contribution in [0.15, 0.2) is 28.7 Å². The number of fused-ring (bicyclic) bond motifs is 1. The van der Waals surface area contributed by atoms with E-state index in [9.17, 15) is 9.90 Å². The van der Waals surface area contributed by atoms with Gasteiger partial charge in [0.15, 0.2) is 17.1 Å². The van der Waals surface area contributed by atoms with Crippen molar-refractivity contribution in [2.24, 2.45) is 5.92 Å². The normalized spacial score (nSPS) is 24.6. The van der Waals surface area contributed by atoms with Crippen LogP contribution in [0.5, 0.6) is 5.75 Å². The molecule has 0 saturated heterocycles. The van der Waals surface area contributed by atoms with Gasteiger partial charge >= 0.3 is 0 Å². The second-order valence-corrected chi connectivity index (χ2v) is 5.64. The molecule has 22 heavy (non-hydrogen) atoms. The monoisotopic (exact) mass is 305 g/mol. The van der Waals surface area contributed by atoms with Crippen molar-refractivity contribution in [1.82, 2.24) is 5.32 Å². The average Bonchev–Trinajstić information content (AvgIpc) is 3.09. The lowest BCUT2D eigenvalue weighted by atomic mass is 10.1. The van der Waals surface area contributed by atoms with Gasteiger partial charge in [0, 0.05) is 24.0 Å². The van der Waals surface area contributed by atoms with Crippen LogP contribution in [0.25, 0.3) is 11.0 Å². The first kappa shape index (κ1) is 14.9. The highest BCUT2D eigenvalue weighted by molar-refractivity contribution is 5.97. The van der Waals surface area contributed by atoms with E-state index >= 15 is 0 Å². The minimum Gasteiger partial charge on any atom is -0.493 e. The van der Waals surface area contributed by atoms with Crippen LogP contribution in [0.4, 0.5) is 0 Å². The third-order valence-electron chi connectivity index (χ3n) is 4.18. The van der Waals surface area contributed by atoms with Crippen LogP contribution in [-0.4, -0.2) is 42.0 Å². The zero-order chi connectivity index (χ0) is 15.7. The van der Waals surface area contributed by atoms with E-state index in [-0.39, 0.29) is 30.2 Å². The van der Waals surface area contributed by atoms with Crippen molar-refractivity contribution in [2.45, 2.75) is 25.0 Å². The summed E-state index contributed by atoms with van der Waals surface area (Å²) in [5.41, 5.74) is 0.537. The van der Waals surface area contributed by atoms with Crippen molar-refractivity contribution in [1.29, 1.82) is 0 Å². The fourth-order valence-corrected chi connectivity index (χ4v) is 2.98. The predicted octanol–water partition coefficient (Wildman–Crippen LogP) is 1.30. The summed E-state index contributed by atoms with van der Waals surface area (Å²) in [5, 5.41) is 22.6. The van der Waals surface area contributed by atoms with Gasteiger partial charge in [-0.2, -0.15) is 0 Å². The van der Waals surface area contributed by atoms with Crippen molar-refractivity contribution in [2.75, 3.05) is 13.7 Å². The van der Waals surface area contributed by atoms with Gasteiger partial charge in [-0.15, -0.1) is 0 Å². The number of rotatable bonds is 4. The molecule has 1 aromatic carbocycles. The molecular formula is C16H19NO5. The Morgan fingerprint density at radius 2 is 2.27 bits per heavy atom. The van der Waals surface area contributed by atoms with E-state index in [0.29, 0.717) is 24.2 Å². The fourth-order valence-electron chi connectivity index (χ4n) is 2.98. The molecule has 0 unspecified atom stereocenters. The van der Waals surface area contributed by atoms with Crippen LogP contribution in [0.3, 0.4) is 0 Å². The molecule has 1 saturated carbocycles. The van der Waals surface area contributed by atoms with Crippen LogP contribution in [0.1, 0.15) is 23.4 Å². The number of aliphatic hydroxyl groups excluding tert-OH is 2. The Balaban J connectivity index is 1.76. The van der Waals surface area contributed by atoms with Crippen molar-refractivity contribution in [3.8, 4) is 5.75 Å². The van der Waals surface area contributed by atoms with Crippen LogP contribution < -0.4 is 10.1 Å². The summed E-state index contributed by atoms with van der Waals surface area (Å²) in [4.78, 5) is 12.3. The number of benzene rings is 1. The minimum absolute atomic E-state index is 0.0740. The summed E-state index contributed by atoms with van der Waals surface area (Å²) in [5.74, 6) is 0.282. The van der Waals surface area contributed by atoms with Crippen molar-refractivity contribution < 1.29 is 24.2 Å². The topological polar surface area (TPSA) is 91.9 Å². The molecule has 6 heteroatoms. The Kier molecular flexibility index (Phi) is 4.04. The number of carbonyl (C=O) groups excluding carboxylic acids is 1. The molecule has 0 aliphatic heterocycles. The average molecular weight is 305 g/mol. The van der Waals surface area contributed by atoms with E-state index in [1.165, 1.54) is 0 Å². The SMILES string of the molecule is COc1cccc2cc(C(=O)N[C@H]3C[C@@H](CO)[C@@H](O)C3)oc12. The smallest absolute Gasteiger partial charge is 0.287 e. The molecule has 6 nitrogen and oxygen atoms in total. The van der Waals surface area contributed by atoms with Gasteiger partial charge in [0.1, 0.15) is 0 Å². The van der Waals surface area contributed by atoms with Gasteiger partial charge in [-0.05, 0) is 25.0 Å². The predicted molar refractivity (Wildman–Crippen MR) is 79.8 cm³/mol. The second-order valence-electron chi connectivity index (χ2n) is 5.64. The Bertz CT molecular complexity index is 680. The molecule has 1 fully saturated rings. The maximum absolute atomic E-state index is 12.3. The van der Waals surface area contributed by atoms with E-state index in [1.54, 1.807) is 19.2 Å². The van der Waals surface area contributed by atoms with Gasteiger partial charge in [-0.3, -0.25) is 4.79 Å². The van der Waals surface area contributed by atoms with Crippen LogP contribution in [-0.2, 0) is 0 Å². The van der Waals surface area contributed by atoms with E-state index in [2.05, 4.69) is 5.32 Å². The molecule has 0 bridgehead atoms. The molecule has 3 rings (SSSR count). The van der Waals surface area contributed by atoms with Crippen LogP contribution in [0, 0.1) is 5.92 Å². The fraction of sp³-hybridized carbons (Fsp3) is 0.438. The first-order valence-electron chi connectivity index (χ1n) is 7.28. The molecule has 0 radical (unpaired) electrons. The lowest BCUT2D eigenvalue weighted by Gasteiger charge is -2.10. The molecule has 1 heterocycles. The molecule has 118 valence electrons. The maximum Gasteiger partial charge on any atom is 0.287 e. The number of carbonyl (C=O) groups is 1. The zero-order valence-electron chi connectivity index (χ0n) is 12.3. The number of amides is 1. The van der Waals surface area contributed by atoms with E-state index in [1.807, 2.05) is 12.1 Å². The Morgan fingerprint density at radius 1 is 1.45 bits per heavy atom. The van der Waals surface area contributed by atoms with Crippen LogP contribution >= 0.6 is 0 Å². The van der Waals surface area contributed by atoms with Gasteiger partial charge in [-0.1, -0.05) is 12.1 Å². The Labute approximate surface area is 127 Å². The third-order valence-corrected chi connectivity index (χ3v) is 4.18. The maximum atomic E-state index is 12.3. The highest BCUT2D eigenvalue weighted by Gasteiger charge is 2.33. The number of methoxy groups -OCH3 is 1. The number of hydrogen-bond donors (Lipinski definition) is 3. The van der Waals surface area contributed by atoms with Crippen LogP contribution in [0.2, 0.25) is 0 Å². The number of furan rings is 1. The number of para-hydroxylation sites is 1. The molecule has 1 amide bonds. The summed E-state index contributed by atoms with van der Waals surface area (Å²) < 4.78 is 10.8. The number of aliphatic hydroxyl groups is 2. The molecule has 3 atom stereocenters. The molecule has 1 aliphatic carbocycles. The summed E-state index contributed by atoms with van der Waals surface area (Å²) >= 11 is 0. The summed E-state index contributed by atoms with van der Waals surface area (Å²) in [6, 6.07) is 6.96. The lowest BCUT2D eigenvalue weighted by Crippen LogP contribution is -2.33. The first-order valence-corrected chi connectivity index (χ1v) is 7.28. The van der Waals surface area contributed by atoms with Gasteiger partial charge in [0.05, 0.1) is 13.2 Å². The van der Waals surface area contributed by atoms with Gasteiger partial charge in [0.2, 0.25) is 0 Å². The standard InChI is InChI=1S/C16H19NO5/c1-21-13-4-2-3-9-6-14(22-15(9)13)16(20)17-11-5-10(8-18)12(19)7-11/h2-4,6,10-12,18-19H,5,7-8H2,1H3,(H,17,20)/t10-,11-,12-/m0/s1. The first-order chi connectivity index (χ1) is 10.6. The highest BCUT2D eigenvalue weighted by atomic mass is 16.5. The minimum atomic E-state index is -0.578. The Hall–Kier alpha value is -2.05. The van der Waals surface area contributed by atoms with E-state index in [0.717, 1.165) is 5.39 Å². The summed E-state index contributed by atoms with van der Waals surface area (Å²) in [6.07, 6.45) is 0.430. The van der Waals surface area contributed by atoms with E-state index < -0.39 is 6.10 Å². The molecule has 1 aromatic heterocycles. The molecule has 1 aliphatic rings. The van der Waals surface area contributed by atoms with E-state index in [4.69, 9.17) is 14.3 Å². The lowest BCUT2D eigenvalue weighted by molar-refractivity contribution is 0.0896. The molecular weight excluding hydrogens is 286 g/mol. The summed E-state index contributed by atoms with van der Waals surface area (Å²) in [6.45, 7) is -0.0740. The highest BCUT2D eigenvalue weighted by Crippen LogP contribution is 2.29. The van der Waals surface area contributed by atoms with Crippen molar-refractivity contribution in [3.63, 3.8) is 0 Å². The molecule has 2 aromatic rings. The molecule has 0 spiro atoms. The molecule has 3 N–H and O–H groups in total. The summed E-state index contributed by atoms with van der Waals surface area (Å²) in [7, 11) is 1.55. The number of hydrogen-bond acceptors (Lipinski definition) is 5. The van der Waals surface area contributed by atoms with Crippen molar-refractivity contribution >= 4 is 16.9 Å². The number of ether oxygens (including phenoxy) is 1. The van der Waals surface area contributed by atoms with Crippen molar-refractivity contribution in [3.05, 3.63) is 30.0 Å². The van der Waals surface area contributed by atoms with Gasteiger partial charge in [0.25, 0.3) is 5.91 Å². The van der Waals surface area contributed by atoms with Gasteiger partial charge in [-0.25, -0.2) is 0 Å². The second kappa shape index (κ2) is 5.98. The van der Waals surface area contributed by atoms with Gasteiger partial charge < -0.3 is 24.7 Å². The third kappa shape index (κ3) is 2.67. The quantitative estimate of drug-likeness (QED) is 0.792. The number of nitrogens with one attached hydrogen (secondary N) is 1. The Morgan fingerprint density at radius 3 is 2.95 bits per heavy atom.